The van der Waals surface area contributed by atoms with E-state index < -0.39 is 11.6 Å². The van der Waals surface area contributed by atoms with Crippen molar-refractivity contribution in [1.82, 2.24) is 14.9 Å². The molecule has 0 atom stereocenters. The Kier molecular flexibility index (Phi) is 3.77. The van der Waals surface area contributed by atoms with Crippen LogP contribution >= 0.6 is 0 Å². The maximum Gasteiger partial charge on any atom is 0.407 e. The topological polar surface area (TPSA) is 99.1 Å². The molecule has 9 nitrogen and oxygen atoms in total. The average molecular weight is 409 g/mol. The maximum atomic E-state index is 13.2. The molecule has 9 heteroatoms. The molecule has 5 heterocycles. The van der Waals surface area contributed by atoms with Gasteiger partial charge >= 0.3 is 6.09 Å². The first-order chi connectivity index (χ1) is 14.2. The van der Waals surface area contributed by atoms with Crippen molar-refractivity contribution in [2.45, 2.75) is 19.4 Å². The van der Waals surface area contributed by atoms with E-state index in [1.807, 2.05) is 19.9 Å². The fourth-order valence-corrected chi connectivity index (χ4v) is 4.87. The number of pyridine rings is 2. The van der Waals surface area contributed by atoms with Gasteiger partial charge in [0, 0.05) is 37.7 Å². The van der Waals surface area contributed by atoms with Gasteiger partial charge in [0.25, 0.3) is 5.91 Å². The van der Waals surface area contributed by atoms with Crippen molar-refractivity contribution in [3.63, 3.8) is 0 Å². The number of ether oxygens (including phenoxy) is 1. The van der Waals surface area contributed by atoms with Crippen LogP contribution in [0.25, 0.3) is 0 Å². The van der Waals surface area contributed by atoms with Crippen molar-refractivity contribution in [2.75, 3.05) is 43.1 Å². The molecule has 5 rings (SSSR count). The van der Waals surface area contributed by atoms with Crippen molar-refractivity contribution >= 4 is 23.4 Å². The van der Waals surface area contributed by atoms with Crippen LogP contribution in [0.15, 0.2) is 30.6 Å². The van der Waals surface area contributed by atoms with Gasteiger partial charge in [-0.2, -0.15) is 0 Å². The summed E-state index contributed by atoms with van der Waals surface area (Å²) in [5.74, 6) is 0.366. The molecule has 2 aromatic heterocycles. The van der Waals surface area contributed by atoms with Gasteiger partial charge in [-0.25, -0.2) is 9.78 Å². The van der Waals surface area contributed by atoms with Crippen LogP contribution in [0.4, 0.5) is 16.2 Å². The highest BCUT2D eigenvalue weighted by Gasteiger charge is 2.53. The van der Waals surface area contributed by atoms with Crippen LogP contribution in [-0.4, -0.2) is 65.3 Å². The zero-order valence-electron chi connectivity index (χ0n) is 17.1. The van der Waals surface area contributed by atoms with Crippen LogP contribution in [0, 0.1) is 5.41 Å². The third kappa shape index (κ3) is 2.54. The lowest BCUT2D eigenvalue weighted by molar-refractivity contribution is -0.00943. The van der Waals surface area contributed by atoms with Crippen LogP contribution in [0.5, 0.6) is 5.88 Å². The third-order valence-corrected chi connectivity index (χ3v) is 6.36. The minimum atomic E-state index is -0.859. The Morgan fingerprint density at radius 2 is 1.83 bits per heavy atom. The molecule has 3 aliphatic heterocycles. The van der Waals surface area contributed by atoms with E-state index in [1.54, 1.807) is 36.5 Å². The van der Waals surface area contributed by atoms with E-state index >= 15 is 0 Å². The number of fused-ring (bicyclic) bond motifs is 1. The Morgan fingerprint density at radius 3 is 2.50 bits per heavy atom. The number of anilines is 2. The normalized spacial score (nSPS) is 20.6. The fraction of sp³-hybridized carbons (Fsp3) is 0.429. The van der Waals surface area contributed by atoms with Gasteiger partial charge in [-0.3, -0.25) is 14.7 Å². The smallest absolute Gasteiger partial charge is 0.407 e. The van der Waals surface area contributed by atoms with Crippen LogP contribution in [-0.2, 0) is 5.54 Å². The largest absolute Gasteiger partial charge is 0.481 e. The van der Waals surface area contributed by atoms with Crippen LogP contribution in [0.1, 0.15) is 29.9 Å². The number of methoxy groups -OCH3 is 1. The SMILES string of the molecule is COc1ccc2c(n1)C(C)(C)N(c1cncc(N3CC4(CN(C(=O)O)C4)C3)c1)C2=O. The number of hydrogen-bond donors (Lipinski definition) is 1. The van der Waals surface area contributed by atoms with Gasteiger partial charge in [0.2, 0.25) is 5.88 Å². The van der Waals surface area contributed by atoms with Gasteiger partial charge in [0.1, 0.15) is 0 Å². The predicted octanol–water partition coefficient (Wildman–Crippen LogP) is 2.18. The summed E-state index contributed by atoms with van der Waals surface area (Å²) >= 11 is 0. The Labute approximate surface area is 173 Å². The first kappa shape index (κ1) is 18.7. The molecule has 1 N–H and O–H groups in total. The van der Waals surface area contributed by atoms with Crippen molar-refractivity contribution in [3.8, 4) is 5.88 Å². The third-order valence-electron chi connectivity index (χ3n) is 6.36. The van der Waals surface area contributed by atoms with E-state index in [-0.39, 0.29) is 11.3 Å². The molecule has 0 unspecified atom stereocenters. The number of rotatable bonds is 3. The first-order valence-corrected chi connectivity index (χ1v) is 9.82. The second-order valence-electron chi connectivity index (χ2n) is 8.85. The summed E-state index contributed by atoms with van der Waals surface area (Å²) in [6.07, 6.45) is 2.62. The number of carbonyl (C=O) groups is 2. The molecule has 2 fully saturated rings. The lowest BCUT2D eigenvalue weighted by atomic mass is 9.73. The Morgan fingerprint density at radius 1 is 1.13 bits per heavy atom. The molecule has 0 radical (unpaired) electrons. The second-order valence-corrected chi connectivity index (χ2v) is 8.85. The fourth-order valence-electron chi connectivity index (χ4n) is 4.87. The van der Waals surface area contributed by atoms with E-state index in [2.05, 4.69) is 14.9 Å². The standard InChI is InChI=1S/C21H23N5O4/c1-20(2)17-15(4-5-16(23-17)30-3)18(27)26(20)14-6-13(7-22-8-14)24-9-21(10-24)11-25(12-21)19(28)29/h4-8H,9-12H2,1-3H3,(H,28,29). The van der Waals surface area contributed by atoms with E-state index in [1.165, 1.54) is 4.90 Å². The molecule has 156 valence electrons. The number of likely N-dealkylation sites (tertiary alicyclic amines) is 1. The van der Waals surface area contributed by atoms with E-state index in [0.29, 0.717) is 35.9 Å². The van der Waals surface area contributed by atoms with E-state index in [0.717, 1.165) is 18.8 Å². The highest BCUT2D eigenvalue weighted by molar-refractivity contribution is 6.11. The molecule has 2 saturated heterocycles. The van der Waals surface area contributed by atoms with Crippen molar-refractivity contribution in [1.29, 1.82) is 0 Å². The van der Waals surface area contributed by atoms with E-state index in [4.69, 9.17) is 9.84 Å². The van der Waals surface area contributed by atoms with Gasteiger partial charge in [0.15, 0.2) is 0 Å². The summed E-state index contributed by atoms with van der Waals surface area (Å²) < 4.78 is 5.24. The molecular weight excluding hydrogens is 386 g/mol. The lowest BCUT2D eigenvalue weighted by Crippen LogP contribution is -2.73. The van der Waals surface area contributed by atoms with Crippen molar-refractivity contribution < 1.29 is 19.4 Å². The lowest BCUT2D eigenvalue weighted by Gasteiger charge is -2.60. The molecule has 0 aromatic carbocycles. The average Bonchev–Trinajstić information content (AvgIpc) is 2.85. The van der Waals surface area contributed by atoms with Gasteiger partial charge in [-0.05, 0) is 26.0 Å². The molecule has 0 saturated carbocycles. The number of carboxylic acid groups (broad SMARTS) is 1. The minimum Gasteiger partial charge on any atom is -0.481 e. The quantitative estimate of drug-likeness (QED) is 0.829. The molecule has 0 bridgehead atoms. The zero-order chi connectivity index (χ0) is 21.3. The molecule has 3 aliphatic rings. The highest BCUT2D eigenvalue weighted by Crippen LogP contribution is 2.45. The minimum absolute atomic E-state index is 0.0494. The van der Waals surface area contributed by atoms with Crippen LogP contribution in [0.2, 0.25) is 0 Å². The molecule has 30 heavy (non-hydrogen) atoms. The summed E-state index contributed by atoms with van der Waals surface area (Å²) in [5, 5.41) is 9.06. The number of nitrogens with zero attached hydrogens (tertiary/aromatic N) is 5. The van der Waals surface area contributed by atoms with E-state index in [9.17, 15) is 9.59 Å². The number of hydrogen-bond acceptors (Lipinski definition) is 6. The van der Waals surface area contributed by atoms with Crippen LogP contribution in [0.3, 0.4) is 0 Å². The Hall–Kier alpha value is -3.36. The zero-order valence-corrected chi connectivity index (χ0v) is 17.1. The summed E-state index contributed by atoms with van der Waals surface area (Å²) in [4.78, 5) is 38.5. The van der Waals surface area contributed by atoms with Crippen molar-refractivity contribution in [2.24, 2.45) is 5.41 Å². The van der Waals surface area contributed by atoms with Gasteiger partial charge in [-0.15, -0.1) is 0 Å². The molecule has 2 aromatic rings. The van der Waals surface area contributed by atoms with Gasteiger partial charge < -0.3 is 19.6 Å². The Bertz CT molecular complexity index is 1060. The second kappa shape index (κ2) is 6.07. The van der Waals surface area contributed by atoms with Crippen LogP contribution < -0.4 is 14.5 Å². The van der Waals surface area contributed by atoms with Gasteiger partial charge in [0.05, 0.1) is 47.7 Å². The summed E-state index contributed by atoms with van der Waals surface area (Å²) in [6, 6.07) is 5.42. The first-order valence-electron chi connectivity index (χ1n) is 9.82. The number of carbonyl (C=O) groups excluding carboxylic acids is 1. The molecular formula is C21H23N5O4. The maximum absolute atomic E-state index is 13.2. The summed E-state index contributed by atoms with van der Waals surface area (Å²) in [5.41, 5.74) is 2.29. The number of aromatic nitrogens is 2. The predicted molar refractivity (Wildman–Crippen MR) is 109 cm³/mol. The molecule has 0 aliphatic carbocycles. The van der Waals surface area contributed by atoms with Crippen molar-refractivity contribution in [3.05, 3.63) is 41.9 Å². The molecule has 1 spiro atoms. The molecule has 2 amide bonds. The summed E-state index contributed by atoms with van der Waals surface area (Å²) in [7, 11) is 1.56. The number of amides is 2. The van der Waals surface area contributed by atoms with Gasteiger partial charge in [-0.1, -0.05) is 0 Å². The highest BCUT2D eigenvalue weighted by atomic mass is 16.5. The summed E-state index contributed by atoms with van der Waals surface area (Å²) in [6.45, 7) is 6.65. The monoisotopic (exact) mass is 409 g/mol. The Balaban J connectivity index is 1.39.